The number of halogens is 1. The van der Waals surface area contributed by atoms with E-state index in [9.17, 15) is 0 Å². The molecule has 0 fully saturated rings. The zero-order chi connectivity index (χ0) is 8.95. The summed E-state index contributed by atoms with van der Waals surface area (Å²) in [6.07, 6.45) is 5.07. The van der Waals surface area contributed by atoms with Crippen molar-refractivity contribution >= 4 is 23.1 Å². The van der Waals surface area contributed by atoms with Crippen molar-refractivity contribution < 1.29 is 21.7 Å². The van der Waals surface area contributed by atoms with Crippen molar-refractivity contribution in [3.05, 3.63) is 6.92 Å². The minimum absolute atomic E-state index is 0. The molecule has 0 rings (SSSR count). The second kappa shape index (κ2) is 29.2. The van der Waals surface area contributed by atoms with Crippen LogP contribution in [0.25, 0.3) is 0 Å². The van der Waals surface area contributed by atoms with Crippen LogP contribution in [-0.4, -0.2) is 36.3 Å². The van der Waals surface area contributed by atoms with Gasteiger partial charge in [-0.1, -0.05) is 26.2 Å². The Bertz CT molecular complexity index is 48.2. The minimum atomic E-state index is 0. The first kappa shape index (κ1) is 23.8. The van der Waals surface area contributed by atoms with Gasteiger partial charge in [-0.3, -0.25) is 0 Å². The molecular formula is C10H23BrMgO. The molecule has 0 saturated carbocycles. The molecule has 0 aromatic heterocycles. The van der Waals surface area contributed by atoms with Crippen molar-refractivity contribution in [2.75, 3.05) is 13.2 Å². The van der Waals surface area contributed by atoms with E-state index in [4.69, 9.17) is 4.74 Å². The fraction of sp³-hybridized carbons (Fsp3) is 0.900. The van der Waals surface area contributed by atoms with Crippen LogP contribution in [0.4, 0.5) is 0 Å². The van der Waals surface area contributed by atoms with Crippen LogP contribution < -0.4 is 17.0 Å². The molecule has 0 aliphatic carbocycles. The molecule has 0 amide bonds. The average Bonchev–Trinajstić information content (AvgIpc) is 2.04. The molecule has 0 aromatic carbocycles. The Kier molecular flexibility index (Phi) is 53.5. The van der Waals surface area contributed by atoms with Crippen molar-refractivity contribution in [2.45, 2.75) is 46.5 Å². The Hall–Kier alpha value is 1.21. The molecule has 13 heavy (non-hydrogen) atoms. The molecule has 3 heteroatoms. The van der Waals surface area contributed by atoms with E-state index >= 15 is 0 Å². The van der Waals surface area contributed by atoms with E-state index < -0.39 is 0 Å². The van der Waals surface area contributed by atoms with Gasteiger partial charge in [-0.2, -0.15) is 6.42 Å². The molecule has 0 aliphatic rings. The van der Waals surface area contributed by atoms with Crippen LogP contribution in [0.2, 0.25) is 0 Å². The van der Waals surface area contributed by atoms with E-state index in [2.05, 4.69) is 13.8 Å². The average molecular weight is 264 g/mol. The van der Waals surface area contributed by atoms with Gasteiger partial charge in [0.1, 0.15) is 0 Å². The van der Waals surface area contributed by atoms with E-state index in [0.717, 1.165) is 19.6 Å². The van der Waals surface area contributed by atoms with E-state index in [1.54, 1.807) is 0 Å². The smallest absolute Gasteiger partial charge is 1.00 e. The molecule has 0 aromatic rings. The van der Waals surface area contributed by atoms with Crippen molar-refractivity contribution in [3.8, 4) is 0 Å². The first-order valence-electron chi connectivity index (χ1n) is 4.70. The van der Waals surface area contributed by atoms with Gasteiger partial charge in [-0.15, -0.1) is 0 Å². The van der Waals surface area contributed by atoms with E-state index in [0.29, 0.717) is 0 Å². The third-order valence-corrected chi connectivity index (χ3v) is 1.26. The Morgan fingerprint density at radius 1 is 1.00 bits per heavy atom. The molecule has 0 atom stereocenters. The summed E-state index contributed by atoms with van der Waals surface area (Å²) in [5.74, 6) is 0. The van der Waals surface area contributed by atoms with Gasteiger partial charge in [0.2, 0.25) is 0 Å². The molecule has 78 valence electrons. The molecule has 0 unspecified atom stereocenters. The summed E-state index contributed by atoms with van der Waals surface area (Å²) in [4.78, 5) is 0. The first-order chi connectivity index (χ1) is 5.33. The van der Waals surface area contributed by atoms with Crippen molar-refractivity contribution in [3.63, 3.8) is 0 Å². The second-order valence-corrected chi connectivity index (χ2v) is 2.34. The number of hydrogen-bond donors (Lipinski definition) is 0. The molecule has 0 radical (unpaired) electrons. The van der Waals surface area contributed by atoms with Gasteiger partial charge >= 0.3 is 23.1 Å². The summed E-state index contributed by atoms with van der Waals surface area (Å²) in [5.41, 5.74) is 0. The van der Waals surface area contributed by atoms with Crippen LogP contribution >= 0.6 is 0 Å². The first-order valence-corrected chi connectivity index (χ1v) is 4.70. The summed E-state index contributed by atoms with van der Waals surface area (Å²) in [5, 5.41) is 0. The zero-order valence-electron chi connectivity index (χ0n) is 9.44. The zero-order valence-corrected chi connectivity index (χ0v) is 12.4. The predicted octanol–water partition coefficient (Wildman–Crippen LogP) is 0.0668. The van der Waals surface area contributed by atoms with Crippen LogP contribution in [0, 0.1) is 6.92 Å². The summed E-state index contributed by atoms with van der Waals surface area (Å²) >= 11 is 0. The second-order valence-electron chi connectivity index (χ2n) is 2.34. The van der Waals surface area contributed by atoms with Gasteiger partial charge in [-0.05, 0) is 13.8 Å². The predicted molar refractivity (Wildman–Crippen MR) is 57.4 cm³/mol. The van der Waals surface area contributed by atoms with Crippen molar-refractivity contribution in [2.24, 2.45) is 0 Å². The van der Waals surface area contributed by atoms with Crippen LogP contribution in [0.5, 0.6) is 0 Å². The Morgan fingerprint density at radius 3 is 1.54 bits per heavy atom. The number of ether oxygens (including phenoxy) is 1. The maximum absolute atomic E-state index is 4.83. The van der Waals surface area contributed by atoms with Crippen LogP contribution in [0.1, 0.15) is 46.5 Å². The maximum atomic E-state index is 4.83. The van der Waals surface area contributed by atoms with Gasteiger partial charge in [-0.25, -0.2) is 0 Å². The third kappa shape index (κ3) is 43.1. The molecule has 0 heterocycles. The summed E-state index contributed by atoms with van der Waals surface area (Å²) < 4.78 is 4.83. The fourth-order valence-electron chi connectivity index (χ4n) is 0.631. The molecule has 1 nitrogen and oxygen atoms in total. The van der Waals surface area contributed by atoms with Crippen LogP contribution in [-0.2, 0) is 4.74 Å². The normalized spacial score (nSPS) is 7.38. The van der Waals surface area contributed by atoms with Gasteiger partial charge in [0.05, 0.1) is 0 Å². The van der Waals surface area contributed by atoms with Gasteiger partial charge in [0, 0.05) is 13.2 Å². The minimum Gasteiger partial charge on any atom is -1.00 e. The topological polar surface area (TPSA) is 9.23 Å². The number of unbranched alkanes of at least 4 members (excludes halogenated alkanes) is 3. The largest absolute Gasteiger partial charge is 2.00 e. The van der Waals surface area contributed by atoms with Crippen LogP contribution in [0.15, 0.2) is 0 Å². The summed E-state index contributed by atoms with van der Waals surface area (Å²) in [6, 6.07) is 0. The number of rotatable bonds is 5. The fourth-order valence-corrected chi connectivity index (χ4v) is 0.631. The van der Waals surface area contributed by atoms with Gasteiger partial charge in [0.25, 0.3) is 0 Å². The third-order valence-electron chi connectivity index (χ3n) is 1.26. The molecule has 0 bridgehead atoms. The molecule has 0 N–H and O–H groups in total. The molecule has 0 spiro atoms. The summed E-state index contributed by atoms with van der Waals surface area (Å²) in [7, 11) is 0. The summed E-state index contributed by atoms with van der Waals surface area (Å²) in [6.45, 7) is 11.6. The molecular weight excluding hydrogens is 240 g/mol. The van der Waals surface area contributed by atoms with E-state index in [1.807, 2.05) is 13.8 Å². The van der Waals surface area contributed by atoms with Crippen molar-refractivity contribution in [1.29, 1.82) is 0 Å². The Labute approximate surface area is 111 Å². The van der Waals surface area contributed by atoms with E-state index in [-0.39, 0.29) is 40.0 Å². The Balaban J connectivity index is -0.0000000546. The standard InChI is InChI=1S/C6H13.C4H10O.BrH.Mg/c1-3-5-6-4-2;1-3-5-4-2;;/h1,3-6H2,2H3;3-4H2,1-2H3;1H;/q-1;;;+2/p-1. The van der Waals surface area contributed by atoms with Gasteiger partial charge in [0.15, 0.2) is 0 Å². The van der Waals surface area contributed by atoms with E-state index in [1.165, 1.54) is 19.3 Å². The molecule has 0 aliphatic heterocycles. The molecule has 0 saturated heterocycles. The Morgan fingerprint density at radius 2 is 1.46 bits per heavy atom. The quantitative estimate of drug-likeness (QED) is 0.387. The number of hydrogen-bond acceptors (Lipinski definition) is 1. The van der Waals surface area contributed by atoms with Gasteiger partial charge < -0.3 is 28.6 Å². The SMILES string of the molecule is CCOCC.[Br-].[CH2-]CCCCC.[Mg+2]. The van der Waals surface area contributed by atoms with Crippen LogP contribution in [0.3, 0.4) is 0 Å². The van der Waals surface area contributed by atoms with Crippen molar-refractivity contribution in [1.82, 2.24) is 0 Å². The maximum Gasteiger partial charge on any atom is 2.00 e. The monoisotopic (exact) mass is 262 g/mol.